The van der Waals surface area contributed by atoms with Crippen LogP contribution in [-0.2, 0) is 11.8 Å². The van der Waals surface area contributed by atoms with Gasteiger partial charge in [-0.3, -0.25) is 4.79 Å². The minimum Gasteiger partial charge on any atom is -0.311 e. The maximum absolute atomic E-state index is 12.5. The molecule has 134 valence electrons. The lowest BCUT2D eigenvalue weighted by Crippen LogP contribution is -2.25. The van der Waals surface area contributed by atoms with E-state index in [9.17, 15) is 4.79 Å². The first kappa shape index (κ1) is 15.8. The summed E-state index contributed by atoms with van der Waals surface area (Å²) in [6.45, 7) is 1.99. The van der Waals surface area contributed by atoms with Crippen LogP contribution in [0.25, 0.3) is 17.0 Å². The second-order valence-electron chi connectivity index (χ2n) is 6.93. The number of hydrogen-bond acceptors (Lipinski definition) is 3. The highest BCUT2D eigenvalue weighted by Gasteiger charge is 2.33. The molecule has 0 saturated heterocycles. The number of aromatic nitrogens is 4. The van der Waals surface area contributed by atoms with Gasteiger partial charge < -0.3 is 9.88 Å². The van der Waals surface area contributed by atoms with Crippen molar-refractivity contribution in [2.45, 2.75) is 19.3 Å². The number of aryl methyl sites for hydroxylation is 2. The summed E-state index contributed by atoms with van der Waals surface area (Å²) in [5.41, 5.74) is 5.02. The van der Waals surface area contributed by atoms with Crippen molar-refractivity contribution >= 4 is 22.8 Å². The van der Waals surface area contributed by atoms with E-state index in [4.69, 9.17) is 10.1 Å². The molecule has 0 radical (unpaired) electrons. The summed E-state index contributed by atoms with van der Waals surface area (Å²) in [4.78, 5) is 17.2. The SMILES string of the molecule is Cc1nn(-c2nc3ccccc3n2C)c2c1[C@@H](c1ccccc1)CC(=O)N2. The molecule has 1 amide bonds. The number of hydrogen-bond donors (Lipinski definition) is 1. The van der Waals surface area contributed by atoms with Crippen LogP contribution in [0, 0.1) is 6.92 Å². The third kappa shape index (κ3) is 2.37. The molecule has 0 fully saturated rings. The van der Waals surface area contributed by atoms with Crippen LogP contribution in [0.1, 0.15) is 29.2 Å². The zero-order valence-electron chi connectivity index (χ0n) is 15.2. The van der Waals surface area contributed by atoms with Crippen molar-refractivity contribution in [3.05, 3.63) is 71.4 Å². The van der Waals surface area contributed by atoms with E-state index in [-0.39, 0.29) is 11.8 Å². The molecule has 4 aromatic rings. The minimum atomic E-state index is -0.00346. The molecule has 1 aliphatic rings. The number of fused-ring (bicyclic) bond motifs is 2. The van der Waals surface area contributed by atoms with Crippen LogP contribution in [0.2, 0.25) is 0 Å². The number of anilines is 1. The molecular formula is C21H19N5O. The Morgan fingerprint density at radius 1 is 1.07 bits per heavy atom. The van der Waals surface area contributed by atoms with Crippen molar-refractivity contribution in [1.82, 2.24) is 19.3 Å². The quantitative estimate of drug-likeness (QED) is 0.597. The van der Waals surface area contributed by atoms with E-state index in [1.54, 1.807) is 4.68 Å². The molecule has 5 rings (SSSR count). The molecule has 2 aromatic heterocycles. The van der Waals surface area contributed by atoms with E-state index in [1.165, 1.54) is 0 Å². The van der Waals surface area contributed by atoms with Crippen molar-refractivity contribution < 1.29 is 4.79 Å². The van der Waals surface area contributed by atoms with Gasteiger partial charge in [0.1, 0.15) is 5.82 Å². The lowest BCUT2D eigenvalue weighted by molar-refractivity contribution is -0.116. The maximum Gasteiger partial charge on any atom is 0.233 e. The first-order chi connectivity index (χ1) is 13.1. The van der Waals surface area contributed by atoms with E-state index in [0.29, 0.717) is 12.4 Å². The van der Waals surface area contributed by atoms with Crippen LogP contribution in [-0.4, -0.2) is 25.2 Å². The van der Waals surface area contributed by atoms with Gasteiger partial charge in [-0.25, -0.2) is 4.98 Å². The highest BCUT2D eigenvalue weighted by Crippen LogP contribution is 2.40. The third-order valence-electron chi connectivity index (χ3n) is 5.26. The molecule has 2 aromatic carbocycles. The molecule has 1 aliphatic heterocycles. The average molecular weight is 357 g/mol. The standard InChI is InChI=1S/C21H19N5O/c1-13-19-15(14-8-4-3-5-9-14)12-18(27)23-20(19)26(24-13)21-22-16-10-6-7-11-17(16)25(21)2/h3-11,15H,12H2,1-2H3,(H,23,27)/t15-/m1/s1. The minimum absolute atomic E-state index is 0.00150. The fourth-order valence-electron chi connectivity index (χ4n) is 3.98. The summed E-state index contributed by atoms with van der Waals surface area (Å²) in [5.74, 6) is 1.40. The summed E-state index contributed by atoms with van der Waals surface area (Å²) in [7, 11) is 1.97. The normalized spacial score (nSPS) is 16.4. The molecule has 3 heterocycles. The van der Waals surface area contributed by atoms with E-state index in [0.717, 1.165) is 33.7 Å². The van der Waals surface area contributed by atoms with Crippen LogP contribution < -0.4 is 5.32 Å². The molecule has 0 bridgehead atoms. The van der Waals surface area contributed by atoms with Gasteiger partial charge in [0.2, 0.25) is 11.9 Å². The predicted octanol–water partition coefficient (Wildman–Crippen LogP) is 3.54. The van der Waals surface area contributed by atoms with Crippen LogP contribution in [0.5, 0.6) is 0 Å². The number of carbonyl (C=O) groups excluding carboxylic acids is 1. The number of para-hydroxylation sites is 2. The van der Waals surface area contributed by atoms with Crippen molar-refractivity contribution in [2.24, 2.45) is 7.05 Å². The number of nitrogens with one attached hydrogen (secondary N) is 1. The molecule has 0 spiro atoms. The molecule has 1 N–H and O–H groups in total. The van der Waals surface area contributed by atoms with Gasteiger partial charge in [0.15, 0.2) is 0 Å². The Balaban J connectivity index is 1.73. The van der Waals surface area contributed by atoms with Crippen molar-refractivity contribution in [3.63, 3.8) is 0 Å². The smallest absolute Gasteiger partial charge is 0.233 e. The van der Waals surface area contributed by atoms with Crippen LogP contribution >= 0.6 is 0 Å². The number of amides is 1. The monoisotopic (exact) mass is 357 g/mol. The van der Waals surface area contributed by atoms with E-state index in [1.807, 2.05) is 61.0 Å². The van der Waals surface area contributed by atoms with E-state index < -0.39 is 0 Å². The molecular weight excluding hydrogens is 338 g/mol. The second kappa shape index (κ2) is 5.81. The van der Waals surface area contributed by atoms with Crippen LogP contribution in [0.4, 0.5) is 5.82 Å². The Labute approximate surface area is 156 Å². The molecule has 27 heavy (non-hydrogen) atoms. The summed E-state index contributed by atoms with van der Waals surface area (Å²) < 4.78 is 3.76. The number of carbonyl (C=O) groups is 1. The molecule has 0 unspecified atom stereocenters. The summed E-state index contributed by atoms with van der Waals surface area (Å²) in [6, 6.07) is 18.1. The van der Waals surface area contributed by atoms with E-state index >= 15 is 0 Å². The molecule has 6 nitrogen and oxygen atoms in total. The Bertz CT molecular complexity index is 1170. The van der Waals surface area contributed by atoms with Gasteiger partial charge in [0.05, 0.1) is 16.7 Å². The van der Waals surface area contributed by atoms with Gasteiger partial charge in [-0.1, -0.05) is 42.5 Å². The Hall–Kier alpha value is -3.41. The Kier molecular flexibility index (Phi) is 3.40. The van der Waals surface area contributed by atoms with Crippen LogP contribution in [0.15, 0.2) is 54.6 Å². The fourth-order valence-corrected chi connectivity index (χ4v) is 3.98. The van der Waals surface area contributed by atoms with Gasteiger partial charge in [0, 0.05) is 24.9 Å². The third-order valence-corrected chi connectivity index (χ3v) is 5.26. The summed E-state index contributed by atoms with van der Waals surface area (Å²) >= 11 is 0. The number of rotatable bonds is 2. The fraction of sp³-hybridized carbons (Fsp3) is 0.190. The molecule has 0 aliphatic carbocycles. The zero-order chi connectivity index (χ0) is 18.5. The average Bonchev–Trinajstić information content (AvgIpc) is 3.19. The summed E-state index contributed by atoms with van der Waals surface area (Å²) in [6.07, 6.45) is 0.423. The van der Waals surface area contributed by atoms with Gasteiger partial charge in [-0.15, -0.1) is 0 Å². The predicted molar refractivity (Wildman–Crippen MR) is 104 cm³/mol. The van der Waals surface area contributed by atoms with E-state index in [2.05, 4.69) is 17.4 Å². The maximum atomic E-state index is 12.5. The van der Waals surface area contributed by atoms with Crippen molar-refractivity contribution in [2.75, 3.05) is 5.32 Å². The lowest BCUT2D eigenvalue weighted by Gasteiger charge is -2.24. The Morgan fingerprint density at radius 2 is 1.81 bits per heavy atom. The topological polar surface area (TPSA) is 64.7 Å². The van der Waals surface area contributed by atoms with Crippen molar-refractivity contribution in [1.29, 1.82) is 0 Å². The van der Waals surface area contributed by atoms with Crippen molar-refractivity contribution in [3.8, 4) is 5.95 Å². The molecule has 6 heteroatoms. The second-order valence-corrected chi connectivity index (χ2v) is 6.93. The largest absolute Gasteiger partial charge is 0.311 e. The molecule has 0 saturated carbocycles. The van der Waals surface area contributed by atoms with Crippen LogP contribution in [0.3, 0.4) is 0 Å². The summed E-state index contributed by atoms with van der Waals surface area (Å²) in [5, 5.41) is 7.77. The Morgan fingerprint density at radius 3 is 2.59 bits per heavy atom. The number of benzene rings is 2. The van der Waals surface area contributed by atoms with Gasteiger partial charge in [-0.2, -0.15) is 9.78 Å². The highest BCUT2D eigenvalue weighted by atomic mass is 16.1. The first-order valence-corrected chi connectivity index (χ1v) is 8.99. The first-order valence-electron chi connectivity index (χ1n) is 8.99. The highest BCUT2D eigenvalue weighted by molar-refractivity contribution is 5.95. The van der Waals surface area contributed by atoms with Gasteiger partial charge in [-0.05, 0) is 24.6 Å². The number of imidazole rings is 1. The zero-order valence-corrected chi connectivity index (χ0v) is 15.2. The number of nitrogens with zero attached hydrogens (tertiary/aromatic N) is 4. The lowest BCUT2D eigenvalue weighted by atomic mass is 9.86. The van der Waals surface area contributed by atoms with Gasteiger partial charge in [0.25, 0.3) is 0 Å². The molecule has 1 atom stereocenters. The van der Waals surface area contributed by atoms with Gasteiger partial charge >= 0.3 is 0 Å².